The van der Waals surface area contributed by atoms with Gasteiger partial charge in [-0.3, -0.25) is 9.20 Å². The molecule has 2 N–H and O–H groups in total. The van der Waals surface area contributed by atoms with Crippen molar-refractivity contribution in [3.8, 4) is 0 Å². The number of nitrogens with one attached hydrogen (secondary N) is 2. The summed E-state index contributed by atoms with van der Waals surface area (Å²) in [5.74, 6) is 1.41. The maximum atomic E-state index is 12.2. The minimum Gasteiger partial charge on any atom is -0.355 e. The molecule has 0 amide bonds. The lowest BCUT2D eigenvalue weighted by Crippen LogP contribution is -2.49. The molecule has 1 aliphatic carbocycles. The molecular formula is C18H29IN4OS. The van der Waals surface area contributed by atoms with E-state index >= 15 is 0 Å². The summed E-state index contributed by atoms with van der Waals surface area (Å²) in [6.07, 6.45) is 5.13. The van der Waals surface area contributed by atoms with Crippen LogP contribution in [0.3, 0.4) is 0 Å². The quantitative estimate of drug-likeness (QED) is 0.376. The van der Waals surface area contributed by atoms with E-state index in [1.165, 1.54) is 38.8 Å². The largest absolute Gasteiger partial charge is 0.355 e. The molecule has 25 heavy (non-hydrogen) atoms. The van der Waals surface area contributed by atoms with Crippen molar-refractivity contribution in [2.45, 2.75) is 42.7 Å². The van der Waals surface area contributed by atoms with E-state index in [1.807, 2.05) is 30.3 Å². The average molecular weight is 476 g/mol. The molecule has 2 fully saturated rings. The highest BCUT2D eigenvalue weighted by Gasteiger charge is 2.31. The van der Waals surface area contributed by atoms with Crippen LogP contribution in [0.25, 0.3) is 0 Å². The molecule has 140 valence electrons. The SMILES string of the molecule is CN=C(NCCS(=O)c1ccccc1)NC1CCN(C2CC2)CC1.I. The Morgan fingerprint density at radius 3 is 2.48 bits per heavy atom. The lowest BCUT2D eigenvalue weighted by molar-refractivity contribution is 0.197. The van der Waals surface area contributed by atoms with Gasteiger partial charge in [0.1, 0.15) is 0 Å². The van der Waals surface area contributed by atoms with Gasteiger partial charge < -0.3 is 15.5 Å². The maximum absolute atomic E-state index is 12.2. The second-order valence-electron chi connectivity index (χ2n) is 6.55. The molecule has 0 bridgehead atoms. The van der Waals surface area contributed by atoms with Crippen LogP contribution in [0.4, 0.5) is 0 Å². The fourth-order valence-electron chi connectivity index (χ4n) is 3.19. The van der Waals surface area contributed by atoms with Crippen LogP contribution >= 0.6 is 24.0 Å². The van der Waals surface area contributed by atoms with Crippen LogP contribution in [0.5, 0.6) is 0 Å². The average Bonchev–Trinajstić information content (AvgIpc) is 3.47. The first-order valence-electron chi connectivity index (χ1n) is 8.91. The molecule has 5 nitrogen and oxygen atoms in total. The molecule has 1 saturated carbocycles. The van der Waals surface area contributed by atoms with Gasteiger partial charge in [0.15, 0.2) is 5.96 Å². The van der Waals surface area contributed by atoms with Crippen LogP contribution in [-0.4, -0.2) is 59.6 Å². The van der Waals surface area contributed by atoms with Crippen molar-refractivity contribution in [2.75, 3.05) is 32.4 Å². The Morgan fingerprint density at radius 1 is 1.20 bits per heavy atom. The second kappa shape index (κ2) is 10.5. The molecular weight excluding hydrogens is 447 g/mol. The molecule has 1 atom stereocenters. The molecule has 7 heteroatoms. The standard InChI is InChI=1S/C18H28N4OS.HI/c1-19-18(20-11-14-24(23)17-5-3-2-4-6-17)21-15-9-12-22(13-10-15)16-7-8-16;/h2-6,15-16H,7-14H2,1H3,(H2,19,20,21);1H. The van der Waals surface area contributed by atoms with E-state index in [0.29, 0.717) is 18.3 Å². The Kier molecular flexibility index (Phi) is 8.65. The first kappa shape index (κ1) is 20.6. The molecule has 1 heterocycles. The van der Waals surface area contributed by atoms with E-state index in [9.17, 15) is 4.21 Å². The molecule has 0 aromatic heterocycles. The third-order valence-corrected chi connectivity index (χ3v) is 6.12. The molecule has 1 saturated heterocycles. The Bertz CT molecular complexity index is 572. The van der Waals surface area contributed by atoms with Crippen LogP contribution < -0.4 is 10.6 Å². The number of aliphatic imine (C=N–C) groups is 1. The van der Waals surface area contributed by atoms with Crippen LogP contribution in [0, 0.1) is 0 Å². The van der Waals surface area contributed by atoms with Crippen molar-refractivity contribution >= 4 is 40.7 Å². The number of benzene rings is 1. The summed E-state index contributed by atoms with van der Waals surface area (Å²) in [4.78, 5) is 7.81. The Labute approximate surface area is 170 Å². The number of halogens is 1. The number of likely N-dealkylation sites (tertiary alicyclic amines) is 1. The fourth-order valence-corrected chi connectivity index (χ4v) is 4.17. The first-order chi connectivity index (χ1) is 11.8. The predicted octanol–water partition coefficient (Wildman–Crippen LogP) is 2.20. The molecule has 0 spiro atoms. The van der Waals surface area contributed by atoms with Crippen molar-refractivity contribution in [3.05, 3.63) is 30.3 Å². The molecule has 0 radical (unpaired) electrons. The predicted molar refractivity (Wildman–Crippen MR) is 115 cm³/mol. The van der Waals surface area contributed by atoms with Gasteiger partial charge >= 0.3 is 0 Å². The maximum Gasteiger partial charge on any atom is 0.191 e. The number of hydrogen-bond acceptors (Lipinski definition) is 3. The zero-order valence-corrected chi connectivity index (χ0v) is 18.0. The number of nitrogens with zero attached hydrogens (tertiary/aromatic N) is 2. The van der Waals surface area contributed by atoms with E-state index < -0.39 is 10.8 Å². The van der Waals surface area contributed by atoms with Gasteiger partial charge in [-0.25, -0.2) is 0 Å². The third kappa shape index (κ3) is 6.53. The summed E-state index contributed by atoms with van der Waals surface area (Å²) in [5.41, 5.74) is 0. The summed E-state index contributed by atoms with van der Waals surface area (Å²) in [6, 6.07) is 11.0. The van der Waals surface area contributed by atoms with Crippen molar-refractivity contribution in [1.82, 2.24) is 15.5 Å². The van der Waals surface area contributed by atoms with Crippen molar-refractivity contribution in [3.63, 3.8) is 0 Å². The molecule has 1 aromatic carbocycles. The molecule has 2 aliphatic rings. The van der Waals surface area contributed by atoms with Crippen molar-refractivity contribution in [2.24, 2.45) is 4.99 Å². The molecule has 1 aliphatic heterocycles. The zero-order valence-electron chi connectivity index (χ0n) is 14.8. The van der Waals surface area contributed by atoms with E-state index in [0.717, 1.165) is 16.9 Å². The van der Waals surface area contributed by atoms with Gasteiger partial charge in [0.25, 0.3) is 0 Å². The van der Waals surface area contributed by atoms with Crippen LogP contribution in [0.15, 0.2) is 40.2 Å². The number of guanidine groups is 1. The monoisotopic (exact) mass is 476 g/mol. The number of rotatable bonds is 6. The highest BCUT2D eigenvalue weighted by atomic mass is 127. The second-order valence-corrected chi connectivity index (χ2v) is 8.12. The minimum absolute atomic E-state index is 0. The van der Waals surface area contributed by atoms with Crippen molar-refractivity contribution in [1.29, 1.82) is 0 Å². The number of hydrogen-bond donors (Lipinski definition) is 2. The van der Waals surface area contributed by atoms with E-state index in [2.05, 4.69) is 20.5 Å². The normalized spacial score (nSPS) is 20.6. The Balaban J connectivity index is 0.00000225. The van der Waals surface area contributed by atoms with Gasteiger partial charge in [0.05, 0.1) is 10.8 Å². The van der Waals surface area contributed by atoms with Gasteiger partial charge in [-0.15, -0.1) is 24.0 Å². The Hall–Kier alpha value is -0.670. The van der Waals surface area contributed by atoms with Crippen molar-refractivity contribution < 1.29 is 4.21 Å². The summed E-state index contributed by atoms with van der Waals surface area (Å²) in [6.45, 7) is 3.04. The van der Waals surface area contributed by atoms with Gasteiger partial charge in [-0.2, -0.15) is 0 Å². The topological polar surface area (TPSA) is 56.7 Å². The minimum atomic E-state index is -0.964. The summed E-state index contributed by atoms with van der Waals surface area (Å²) in [5, 5.41) is 6.81. The summed E-state index contributed by atoms with van der Waals surface area (Å²) in [7, 11) is 0.831. The summed E-state index contributed by atoms with van der Waals surface area (Å²) >= 11 is 0. The number of piperidine rings is 1. The third-order valence-electron chi connectivity index (χ3n) is 4.74. The lowest BCUT2D eigenvalue weighted by atomic mass is 10.1. The van der Waals surface area contributed by atoms with E-state index in [-0.39, 0.29) is 24.0 Å². The van der Waals surface area contributed by atoms with Crippen LogP contribution in [0.1, 0.15) is 25.7 Å². The van der Waals surface area contributed by atoms with Gasteiger partial charge in [-0.1, -0.05) is 18.2 Å². The molecule has 3 rings (SSSR count). The van der Waals surface area contributed by atoms with Gasteiger partial charge in [0, 0.05) is 49.4 Å². The van der Waals surface area contributed by atoms with Gasteiger partial charge in [-0.05, 0) is 37.8 Å². The van der Waals surface area contributed by atoms with Gasteiger partial charge in [0.2, 0.25) is 0 Å². The first-order valence-corrected chi connectivity index (χ1v) is 10.2. The molecule has 1 aromatic rings. The Morgan fingerprint density at radius 2 is 1.88 bits per heavy atom. The summed E-state index contributed by atoms with van der Waals surface area (Å²) < 4.78 is 12.2. The van der Waals surface area contributed by atoms with E-state index in [1.54, 1.807) is 7.05 Å². The van der Waals surface area contributed by atoms with E-state index in [4.69, 9.17) is 0 Å². The highest BCUT2D eigenvalue weighted by molar-refractivity contribution is 14.0. The fraction of sp³-hybridized carbons (Fsp3) is 0.611. The van der Waals surface area contributed by atoms with Crippen LogP contribution in [0.2, 0.25) is 0 Å². The molecule has 1 unspecified atom stereocenters. The zero-order chi connectivity index (χ0) is 16.8. The smallest absolute Gasteiger partial charge is 0.191 e. The highest BCUT2D eigenvalue weighted by Crippen LogP contribution is 2.29. The lowest BCUT2D eigenvalue weighted by Gasteiger charge is -2.33. The van der Waals surface area contributed by atoms with Crippen LogP contribution in [-0.2, 0) is 10.8 Å².